The van der Waals surface area contributed by atoms with Crippen LogP contribution in [0.4, 0.5) is 0 Å². The third kappa shape index (κ3) is 1.68. The van der Waals surface area contributed by atoms with Gasteiger partial charge in [-0.05, 0) is 12.8 Å². The van der Waals surface area contributed by atoms with Gasteiger partial charge < -0.3 is 9.52 Å². The molecule has 0 amide bonds. The van der Waals surface area contributed by atoms with Crippen LogP contribution in [0.1, 0.15) is 56.9 Å². The van der Waals surface area contributed by atoms with Crippen LogP contribution in [0.5, 0.6) is 0 Å². The number of rotatable bonds is 3. The zero-order valence-electron chi connectivity index (χ0n) is 11.2. The summed E-state index contributed by atoms with van der Waals surface area (Å²) in [6.45, 7) is 4.09. The van der Waals surface area contributed by atoms with Crippen LogP contribution in [0.25, 0.3) is 11.1 Å². The number of aliphatic carboxylic acids is 1. The number of hydrogen-bond donors (Lipinski definition) is 2. The second kappa shape index (κ2) is 4.11. The summed E-state index contributed by atoms with van der Waals surface area (Å²) in [5.41, 5.74) is 1.14. The molecule has 1 saturated carbocycles. The van der Waals surface area contributed by atoms with Crippen LogP contribution in [-0.4, -0.2) is 21.3 Å². The van der Waals surface area contributed by atoms with Crippen LogP contribution in [0.15, 0.2) is 10.5 Å². The van der Waals surface area contributed by atoms with Crippen molar-refractivity contribution in [3.8, 4) is 0 Å². The molecule has 0 bridgehead atoms. The third-order valence-corrected chi connectivity index (χ3v) is 4.16. The monoisotopic (exact) mass is 262 g/mol. The van der Waals surface area contributed by atoms with E-state index in [1.807, 2.05) is 19.9 Å². The molecule has 0 unspecified atom stereocenters. The molecule has 0 atom stereocenters. The molecule has 0 radical (unpaired) electrons. The number of carboxylic acid groups (broad SMARTS) is 1. The van der Waals surface area contributed by atoms with Gasteiger partial charge in [-0.15, -0.1) is 0 Å². The highest BCUT2D eigenvalue weighted by atomic mass is 16.4. The van der Waals surface area contributed by atoms with Crippen LogP contribution in [0.2, 0.25) is 0 Å². The van der Waals surface area contributed by atoms with E-state index in [9.17, 15) is 9.90 Å². The Labute approximate surface area is 111 Å². The van der Waals surface area contributed by atoms with E-state index in [0.29, 0.717) is 24.1 Å². The molecule has 0 saturated heterocycles. The normalized spacial score (nSPS) is 18.5. The molecule has 5 nitrogen and oxygen atoms in total. The highest BCUT2D eigenvalue weighted by Crippen LogP contribution is 2.43. The molecule has 1 aliphatic carbocycles. The van der Waals surface area contributed by atoms with Gasteiger partial charge in [0.05, 0.1) is 5.69 Å². The minimum Gasteiger partial charge on any atom is -0.481 e. The van der Waals surface area contributed by atoms with Gasteiger partial charge in [-0.1, -0.05) is 26.7 Å². The van der Waals surface area contributed by atoms with E-state index in [1.54, 1.807) is 0 Å². The van der Waals surface area contributed by atoms with Crippen molar-refractivity contribution >= 4 is 17.1 Å². The molecule has 102 valence electrons. The maximum Gasteiger partial charge on any atom is 0.315 e. The van der Waals surface area contributed by atoms with Gasteiger partial charge in [-0.25, -0.2) is 0 Å². The summed E-state index contributed by atoms with van der Waals surface area (Å²) in [6, 6.07) is 1.89. The van der Waals surface area contributed by atoms with Crippen LogP contribution >= 0.6 is 0 Å². The third-order valence-electron chi connectivity index (χ3n) is 4.16. The van der Waals surface area contributed by atoms with E-state index in [-0.39, 0.29) is 5.92 Å². The first-order valence-electron chi connectivity index (χ1n) is 6.76. The summed E-state index contributed by atoms with van der Waals surface area (Å²) in [5, 5.41) is 16.7. The molecule has 19 heavy (non-hydrogen) atoms. The zero-order chi connectivity index (χ0) is 13.6. The molecular formula is C14H18N2O3. The maximum atomic E-state index is 11.7. The number of aromatic amines is 1. The van der Waals surface area contributed by atoms with Gasteiger partial charge in [-0.2, -0.15) is 5.10 Å². The van der Waals surface area contributed by atoms with Gasteiger partial charge >= 0.3 is 5.97 Å². The van der Waals surface area contributed by atoms with E-state index in [4.69, 9.17) is 4.42 Å². The molecule has 0 spiro atoms. The molecule has 2 aromatic heterocycles. The standard InChI is InChI=1S/C14H18N2O3/c1-8(2)10-7-9-11(19-10)12(16-15-9)14(13(17)18)5-3-4-6-14/h7-8H,3-6H2,1-2H3,(H,15,16)(H,17,18). The molecule has 3 rings (SSSR count). The fraction of sp³-hybridized carbons (Fsp3) is 0.571. The smallest absolute Gasteiger partial charge is 0.315 e. The van der Waals surface area contributed by atoms with E-state index >= 15 is 0 Å². The van der Waals surface area contributed by atoms with Crippen molar-refractivity contribution in [1.29, 1.82) is 0 Å². The highest BCUT2D eigenvalue weighted by molar-refractivity contribution is 5.88. The number of nitrogens with one attached hydrogen (secondary N) is 1. The second-order valence-corrected chi connectivity index (χ2v) is 5.71. The van der Waals surface area contributed by atoms with Crippen LogP contribution in [0, 0.1) is 0 Å². The number of hydrogen-bond acceptors (Lipinski definition) is 3. The summed E-state index contributed by atoms with van der Waals surface area (Å²) in [6.07, 6.45) is 3.17. The SMILES string of the molecule is CC(C)c1cc2n[nH]c(C3(C(=O)O)CCCC3)c2o1. The number of carboxylic acids is 1. The molecule has 2 aromatic rings. The molecule has 5 heteroatoms. The van der Waals surface area contributed by atoms with E-state index in [2.05, 4.69) is 10.2 Å². The lowest BCUT2D eigenvalue weighted by molar-refractivity contribution is -0.143. The van der Waals surface area contributed by atoms with Crippen molar-refractivity contribution in [3.05, 3.63) is 17.5 Å². The van der Waals surface area contributed by atoms with Gasteiger partial charge in [0.1, 0.15) is 16.7 Å². The van der Waals surface area contributed by atoms with Gasteiger partial charge in [0.25, 0.3) is 0 Å². The molecule has 2 N–H and O–H groups in total. The molecule has 1 aliphatic rings. The number of aromatic nitrogens is 2. The van der Waals surface area contributed by atoms with Crippen LogP contribution < -0.4 is 0 Å². The predicted octanol–water partition coefficient (Wildman–Crippen LogP) is 3.18. The Morgan fingerprint density at radius 3 is 2.74 bits per heavy atom. The molecule has 0 aromatic carbocycles. The topological polar surface area (TPSA) is 79.1 Å². The first kappa shape index (κ1) is 12.3. The Morgan fingerprint density at radius 2 is 2.16 bits per heavy atom. The first-order valence-corrected chi connectivity index (χ1v) is 6.76. The average Bonchev–Trinajstić information content (AvgIpc) is 3.03. The zero-order valence-corrected chi connectivity index (χ0v) is 11.2. The van der Waals surface area contributed by atoms with Gasteiger partial charge in [-0.3, -0.25) is 9.89 Å². The lowest BCUT2D eigenvalue weighted by Gasteiger charge is -2.21. The number of furan rings is 1. The van der Waals surface area contributed by atoms with E-state index < -0.39 is 11.4 Å². The number of carbonyl (C=O) groups is 1. The minimum absolute atomic E-state index is 0.270. The Balaban J connectivity index is 2.16. The Bertz CT molecular complexity index is 618. The fourth-order valence-electron chi connectivity index (χ4n) is 2.99. The van der Waals surface area contributed by atoms with Crippen molar-refractivity contribution in [2.45, 2.75) is 50.9 Å². The van der Waals surface area contributed by atoms with Gasteiger partial charge in [0.15, 0.2) is 5.58 Å². The highest BCUT2D eigenvalue weighted by Gasteiger charge is 2.46. The Kier molecular flexibility index (Phi) is 2.66. The largest absolute Gasteiger partial charge is 0.481 e. The maximum absolute atomic E-state index is 11.7. The molecule has 0 aliphatic heterocycles. The Morgan fingerprint density at radius 1 is 1.47 bits per heavy atom. The van der Waals surface area contributed by atoms with Crippen LogP contribution in [0.3, 0.4) is 0 Å². The number of fused-ring (bicyclic) bond motifs is 1. The number of H-pyrrole nitrogens is 1. The Hall–Kier alpha value is -1.78. The summed E-state index contributed by atoms with van der Waals surface area (Å²) < 4.78 is 5.83. The predicted molar refractivity (Wildman–Crippen MR) is 70.2 cm³/mol. The van der Waals surface area contributed by atoms with Crippen LogP contribution in [-0.2, 0) is 10.2 Å². The van der Waals surface area contributed by atoms with E-state index in [0.717, 1.165) is 24.1 Å². The lowest BCUT2D eigenvalue weighted by Crippen LogP contribution is -2.33. The van der Waals surface area contributed by atoms with Crippen molar-refractivity contribution in [3.63, 3.8) is 0 Å². The molecular weight excluding hydrogens is 244 g/mol. The fourth-order valence-corrected chi connectivity index (χ4v) is 2.99. The summed E-state index contributed by atoms with van der Waals surface area (Å²) in [5.74, 6) is 0.343. The van der Waals surface area contributed by atoms with E-state index in [1.165, 1.54) is 0 Å². The quantitative estimate of drug-likeness (QED) is 0.890. The summed E-state index contributed by atoms with van der Waals surface area (Å²) in [4.78, 5) is 11.7. The van der Waals surface area contributed by atoms with Gasteiger partial charge in [0, 0.05) is 12.0 Å². The molecule has 1 fully saturated rings. The minimum atomic E-state index is -0.846. The van der Waals surface area contributed by atoms with Crippen molar-refractivity contribution in [2.24, 2.45) is 0 Å². The molecule has 2 heterocycles. The summed E-state index contributed by atoms with van der Waals surface area (Å²) in [7, 11) is 0. The van der Waals surface area contributed by atoms with Gasteiger partial charge in [0.2, 0.25) is 0 Å². The van der Waals surface area contributed by atoms with Crippen molar-refractivity contribution in [1.82, 2.24) is 10.2 Å². The number of nitrogens with zero attached hydrogens (tertiary/aromatic N) is 1. The summed E-state index contributed by atoms with van der Waals surface area (Å²) >= 11 is 0. The average molecular weight is 262 g/mol. The van der Waals surface area contributed by atoms with Crippen molar-refractivity contribution in [2.75, 3.05) is 0 Å². The second-order valence-electron chi connectivity index (χ2n) is 5.71. The lowest BCUT2D eigenvalue weighted by atomic mass is 9.82. The first-order chi connectivity index (χ1) is 9.04. The van der Waals surface area contributed by atoms with Crippen molar-refractivity contribution < 1.29 is 14.3 Å².